The van der Waals surface area contributed by atoms with Crippen molar-refractivity contribution in [3.05, 3.63) is 124 Å². The van der Waals surface area contributed by atoms with E-state index in [4.69, 9.17) is 5.10 Å². The molecule has 32 heavy (non-hydrogen) atoms. The van der Waals surface area contributed by atoms with Crippen LogP contribution in [0.15, 0.2) is 108 Å². The average molecular weight is 435 g/mol. The number of hydrogen-bond acceptors (Lipinski definition) is 4. The summed E-state index contributed by atoms with van der Waals surface area (Å²) < 4.78 is 0. The van der Waals surface area contributed by atoms with Crippen molar-refractivity contribution in [3.63, 3.8) is 0 Å². The molecule has 3 nitrogen and oxygen atoms in total. The molecule has 0 fully saturated rings. The lowest BCUT2D eigenvalue weighted by molar-refractivity contribution is 0.0857. The number of aryl methyl sites for hydroxylation is 1. The highest BCUT2D eigenvalue weighted by atomic mass is 32.1. The van der Waals surface area contributed by atoms with E-state index in [-0.39, 0.29) is 11.7 Å². The number of carbonyl (C=O) groups is 1. The Morgan fingerprint density at radius 2 is 1.56 bits per heavy atom. The fourth-order valence-electron chi connectivity index (χ4n) is 5.23. The van der Waals surface area contributed by atoms with Crippen LogP contribution in [0.5, 0.6) is 0 Å². The SMILES string of the molecule is O=C1c2ccccc2CCC12C(c1cccs1)C(c1ccccc1)=NN2c1ccccc1. The van der Waals surface area contributed by atoms with Crippen LogP contribution in [0.4, 0.5) is 5.69 Å². The Morgan fingerprint density at radius 1 is 0.844 bits per heavy atom. The lowest BCUT2D eigenvalue weighted by Crippen LogP contribution is -2.56. The molecule has 1 aromatic heterocycles. The quantitative estimate of drug-likeness (QED) is 0.378. The van der Waals surface area contributed by atoms with Gasteiger partial charge in [0.15, 0.2) is 5.78 Å². The maximum absolute atomic E-state index is 14.4. The minimum atomic E-state index is -0.786. The second-order valence-corrected chi connectivity index (χ2v) is 9.34. The summed E-state index contributed by atoms with van der Waals surface area (Å²) in [6.45, 7) is 0. The van der Waals surface area contributed by atoms with Crippen molar-refractivity contribution in [1.82, 2.24) is 0 Å². The first-order valence-corrected chi connectivity index (χ1v) is 11.8. The number of carbonyl (C=O) groups excluding carboxylic acids is 1. The van der Waals surface area contributed by atoms with Gasteiger partial charge in [-0.05, 0) is 47.5 Å². The zero-order chi connectivity index (χ0) is 21.5. The fourth-order valence-corrected chi connectivity index (χ4v) is 6.14. The number of anilines is 1. The Labute approximate surface area is 191 Å². The van der Waals surface area contributed by atoms with Crippen molar-refractivity contribution < 1.29 is 4.79 Å². The van der Waals surface area contributed by atoms with E-state index in [0.717, 1.165) is 40.9 Å². The maximum atomic E-state index is 14.4. The van der Waals surface area contributed by atoms with Crippen molar-refractivity contribution in [2.24, 2.45) is 5.10 Å². The van der Waals surface area contributed by atoms with Gasteiger partial charge in [-0.15, -0.1) is 11.3 Å². The molecule has 2 unspecified atom stereocenters. The summed E-state index contributed by atoms with van der Waals surface area (Å²) in [6.07, 6.45) is 1.57. The van der Waals surface area contributed by atoms with Gasteiger partial charge in [-0.25, -0.2) is 0 Å². The second-order valence-electron chi connectivity index (χ2n) is 8.36. The summed E-state index contributed by atoms with van der Waals surface area (Å²) in [5.41, 5.74) is 4.15. The molecule has 0 saturated carbocycles. The first-order chi connectivity index (χ1) is 15.8. The van der Waals surface area contributed by atoms with Crippen molar-refractivity contribution in [2.75, 3.05) is 5.01 Å². The number of fused-ring (bicyclic) bond motifs is 1. The number of Topliss-reactive ketones (excluding diaryl/α,β-unsaturated/α-hetero) is 1. The van der Waals surface area contributed by atoms with Crippen LogP contribution in [0.2, 0.25) is 0 Å². The van der Waals surface area contributed by atoms with Crippen molar-refractivity contribution >= 4 is 28.5 Å². The van der Waals surface area contributed by atoms with Crippen LogP contribution in [-0.4, -0.2) is 17.0 Å². The van der Waals surface area contributed by atoms with Gasteiger partial charge in [0.05, 0.1) is 17.3 Å². The molecule has 2 heterocycles. The Morgan fingerprint density at radius 3 is 2.31 bits per heavy atom. The van der Waals surface area contributed by atoms with Crippen molar-refractivity contribution in [1.29, 1.82) is 0 Å². The fraction of sp³-hybridized carbons (Fsp3) is 0.143. The van der Waals surface area contributed by atoms with Gasteiger partial charge in [-0.3, -0.25) is 9.80 Å². The molecule has 4 heteroatoms. The molecule has 6 rings (SSSR count). The molecule has 0 bridgehead atoms. The van der Waals surface area contributed by atoms with Crippen molar-refractivity contribution in [2.45, 2.75) is 24.3 Å². The number of thiophene rings is 1. The largest absolute Gasteiger partial charge is 0.291 e. The number of hydrazone groups is 1. The van der Waals surface area contributed by atoms with E-state index >= 15 is 0 Å². The average Bonchev–Trinajstić information content (AvgIpc) is 3.49. The molecule has 1 spiro atoms. The Balaban J connectivity index is 1.62. The van der Waals surface area contributed by atoms with Crippen LogP contribution in [0.25, 0.3) is 0 Å². The smallest absolute Gasteiger partial charge is 0.191 e. The van der Waals surface area contributed by atoms with E-state index in [1.54, 1.807) is 11.3 Å². The van der Waals surface area contributed by atoms with E-state index in [1.165, 1.54) is 4.88 Å². The minimum absolute atomic E-state index is 0.133. The van der Waals surface area contributed by atoms with Gasteiger partial charge < -0.3 is 0 Å². The number of para-hydroxylation sites is 1. The second kappa shape index (κ2) is 7.57. The topological polar surface area (TPSA) is 32.7 Å². The summed E-state index contributed by atoms with van der Waals surface area (Å²) in [5.74, 6) is 0.0299. The summed E-state index contributed by atoms with van der Waals surface area (Å²) in [6, 6.07) is 32.7. The first kappa shape index (κ1) is 19.2. The predicted molar refractivity (Wildman–Crippen MR) is 131 cm³/mol. The molecule has 4 aromatic rings. The number of benzene rings is 3. The van der Waals surface area contributed by atoms with Crippen molar-refractivity contribution in [3.8, 4) is 0 Å². The summed E-state index contributed by atoms with van der Waals surface area (Å²) in [4.78, 5) is 15.6. The van der Waals surface area contributed by atoms with E-state index in [2.05, 4.69) is 47.8 Å². The third-order valence-corrected chi connectivity index (χ3v) is 7.60. The van der Waals surface area contributed by atoms with E-state index < -0.39 is 5.54 Å². The standard InChI is InChI=1S/C28H22N2OS/c31-27-23-15-8-7-10-20(23)17-18-28(27)25(24-16-9-19-32-24)26(21-11-3-1-4-12-21)29-30(28)22-13-5-2-6-14-22/h1-16,19,25H,17-18H2. The Bertz CT molecular complexity index is 1300. The van der Waals surface area contributed by atoms with Gasteiger partial charge in [0.25, 0.3) is 0 Å². The molecule has 2 atom stereocenters. The van der Waals surface area contributed by atoms with Crippen LogP contribution in [0.3, 0.4) is 0 Å². The van der Waals surface area contributed by atoms with E-state index in [9.17, 15) is 4.79 Å². The molecule has 1 aliphatic heterocycles. The molecule has 0 saturated heterocycles. The molecular formula is C28H22N2OS. The number of nitrogens with zero attached hydrogens (tertiary/aromatic N) is 2. The summed E-state index contributed by atoms with van der Waals surface area (Å²) >= 11 is 1.71. The van der Waals surface area contributed by atoms with Gasteiger partial charge in [0.2, 0.25) is 0 Å². The highest BCUT2D eigenvalue weighted by molar-refractivity contribution is 7.10. The molecule has 0 N–H and O–H groups in total. The highest BCUT2D eigenvalue weighted by Crippen LogP contribution is 2.51. The van der Waals surface area contributed by atoms with Crippen LogP contribution in [0.1, 0.15) is 38.7 Å². The number of hydrogen-bond donors (Lipinski definition) is 0. The number of rotatable bonds is 3. The zero-order valence-electron chi connectivity index (χ0n) is 17.5. The first-order valence-electron chi connectivity index (χ1n) is 10.9. The van der Waals surface area contributed by atoms with Gasteiger partial charge in [-0.2, -0.15) is 5.10 Å². The van der Waals surface area contributed by atoms with Crippen LogP contribution in [-0.2, 0) is 6.42 Å². The maximum Gasteiger partial charge on any atom is 0.191 e. The molecule has 1 aliphatic carbocycles. The molecule has 3 aromatic carbocycles. The minimum Gasteiger partial charge on any atom is -0.291 e. The van der Waals surface area contributed by atoms with Crippen LogP contribution < -0.4 is 5.01 Å². The summed E-state index contributed by atoms with van der Waals surface area (Å²) in [5, 5.41) is 9.32. The predicted octanol–water partition coefficient (Wildman–Crippen LogP) is 6.32. The van der Waals surface area contributed by atoms with E-state index in [0.29, 0.717) is 0 Å². The Hall–Kier alpha value is -3.50. The van der Waals surface area contributed by atoms with Gasteiger partial charge >= 0.3 is 0 Å². The molecule has 2 aliphatic rings. The lowest BCUT2D eigenvalue weighted by Gasteiger charge is -2.43. The van der Waals surface area contributed by atoms with Gasteiger partial charge in [0, 0.05) is 10.4 Å². The molecule has 156 valence electrons. The molecular weight excluding hydrogens is 412 g/mol. The monoisotopic (exact) mass is 434 g/mol. The zero-order valence-corrected chi connectivity index (χ0v) is 18.3. The van der Waals surface area contributed by atoms with Crippen LogP contribution >= 0.6 is 11.3 Å². The molecule has 0 amide bonds. The van der Waals surface area contributed by atoms with Gasteiger partial charge in [-0.1, -0.05) is 78.9 Å². The van der Waals surface area contributed by atoms with Crippen LogP contribution in [0, 0.1) is 0 Å². The van der Waals surface area contributed by atoms with Gasteiger partial charge in [0.1, 0.15) is 5.54 Å². The number of ketones is 1. The van der Waals surface area contributed by atoms with E-state index in [1.807, 2.05) is 59.6 Å². The lowest BCUT2D eigenvalue weighted by atomic mass is 9.67. The normalized spacial score (nSPS) is 22.1. The highest BCUT2D eigenvalue weighted by Gasteiger charge is 2.59. The third-order valence-electron chi connectivity index (χ3n) is 6.67. The third kappa shape index (κ3) is 2.80. The summed E-state index contributed by atoms with van der Waals surface area (Å²) in [7, 11) is 0. The Kier molecular flexibility index (Phi) is 4.54. The molecule has 0 radical (unpaired) electrons.